The summed E-state index contributed by atoms with van der Waals surface area (Å²) >= 11 is -6.67. The molecule has 0 heterocycles. The zero-order chi connectivity index (χ0) is 15.8. The van der Waals surface area contributed by atoms with E-state index in [0.717, 1.165) is 0 Å². The van der Waals surface area contributed by atoms with Crippen LogP contribution in [0.15, 0.2) is 0 Å². The minimum Gasteiger partial charge on any atom is -0.679 e. The minimum atomic E-state index is -6.67. The van der Waals surface area contributed by atoms with Crippen molar-refractivity contribution in [3.63, 3.8) is 0 Å². The van der Waals surface area contributed by atoms with Crippen molar-refractivity contribution in [3.8, 4) is 0 Å². The minimum absolute atomic E-state index is 0.0408. The molecule has 0 unspecified atom stereocenters. The Morgan fingerprint density at radius 3 is 2.35 bits per heavy atom. The summed E-state index contributed by atoms with van der Waals surface area (Å²) in [5.74, 6) is -0.897. The molecule has 0 saturated heterocycles. The summed E-state index contributed by atoms with van der Waals surface area (Å²) < 4.78 is 39.3. The Bertz CT molecular complexity index is 326. The highest BCUT2D eigenvalue weighted by Gasteiger charge is 2.49. The predicted molar refractivity (Wildman–Crippen MR) is 66.9 cm³/mol. The average Bonchev–Trinajstić information content (AvgIpc) is 2.23. The van der Waals surface area contributed by atoms with Gasteiger partial charge >= 0.3 is 26.9 Å². The van der Waals surface area contributed by atoms with Gasteiger partial charge in [0.05, 0.1) is 0 Å². The van der Waals surface area contributed by atoms with Crippen LogP contribution in [0.4, 0.5) is 15.4 Å². The molecule has 0 aromatic carbocycles. The predicted octanol–water partition coefficient (Wildman–Crippen LogP) is 1.81. The third-order valence-corrected chi connectivity index (χ3v) is 3.07. The molecule has 0 rings (SSSR count). The van der Waals surface area contributed by atoms with E-state index in [2.05, 4.69) is 9.11 Å². The molecular weight excluding hydrogens is 296 g/mol. The Labute approximate surface area is 118 Å². The number of unbranched alkanes of at least 4 members (excludes halogenated alkanes) is 2. The first-order chi connectivity index (χ1) is 9.11. The normalized spacial score (nSPS) is 14.4. The van der Waals surface area contributed by atoms with Crippen molar-refractivity contribution < 1.29 is 29.1 Å². The molecule has 10 heteroatoms. The number of halogens is 3. The first-order valence-electron chi connectivity index (χ1n) is 6.27. The molecule has 2 atom stereocenters. The maximum Gasteiger partial charge on any atom is 1.09 e. The van der Waals surface area contributed by atoms with Gasteiger partial charge in [0.15, 0.2) is 0 Å². The highest BCUT2D eigenvalue weighted by molar-refractivity contribution is 6.53. The lowest BCUT2D eigenvalue weighted by molar-refractivity contribution is -0.137. The van der Waals surface area contributed by atoms with Gasteiger partial charge in [-0.3, -0.25) is 4.79 Å². The quantitative estimate of drug-likeness (QED) is 0.445. The highest BCUT2D eigenvalue weighted by atomic mass is 27.4. The summed E-state index contributed by atoms with van der Waals surface area (Å²) in [5.41, 5.74) is 5.58. The molecule has 0 radical (unpaired) electrons. The van der Waals surface area contributed by atoms with E-state index in [-0.39, 0.29) is 6.42 Å². The summed E-state index contributed by atoms with van der Waals surface area (Å²) in [4.78, 5) is 21.3. The van der Waals surface area contributed by atoms with E-state index in [1.54, 1.807) is 6.92 Å². The van der Waals surface area contributed by atoms with E-state index < -0.39 is 38.9 Å². The van der Waals surface area contributed by atoms with Crippen molar-refractivity contribution in [1.29, 1.82) is 0 Å². The summed E-state index contributed by atoms with van der Waals surface area (Å²) in [6, 6.07) is -1.16. The molecular formula is C10H19AlF3N2O4-. The Hall–Kier alpha value is -0.978. The standard InChI is InChI=1S/C10H20N2O4.Al.3FH/c1-7(11)8(12-10(15)16)5-3-2-4-6-9(13)14;;;;/h7-8,12H,2-6,11H2,1H3,(H,13,14)(H,15,16);;3*1H/q;+3;;;/p-4/t7-,8+;;;;/m0..../s1. The number of nitrogens with two attached hydrogens (primary N) is 1. The molecule has 0 bridgehead atoms. The maximum absolute atomic E-state index is 12.0. The number of hydrogen-bond donors (Lipinski definition) is 3. The Kier molecular flexibility index (Phi) is 8.61. The molecule has 20 heavy (non-hydrogen) atoms. The van der Waals surface area contributed by atoms with Crippen molar-refractivity contribution in [2.75, 3.05) is 0 Å². The number of carboxylic acid groups (broad SMARTS) is 1. The van der Waals surface area contributed by atoms with Crippen molar-refractivity contribution >= 4 is 26.9 Å². The summed E-state index contributed by atoms with van der Waals surface area (Å²) in [6.45, 7) is 1.56. The fourth-order valence-corrected chi connectivity index (χ4v) is 1.90. The Balaban J connectivity index is 4.05. The molecule has 0 aromatic rings. The van der Waals surface area contributed by atoms with Crippen LogP contribution >= 0.6 is 0 Å². The summed E-state index contributed by atoms with van der Waals surface area (Å²) in [6.07, 6.45) is 0.527. The van der Waals surface area contributed by atoms with Gasteiger partial charge in [0.2, 0.25) is 0 Å². The van der Waals surface area contributed by atoms with Crippen molar-refractivity contribution in [2.45, 2.75) is 51.1 Å². The fourth-order valence-electron chi connectivity index (χ4n) is 1.59. The van der Waals surface area contributed by atoms with Gasteiger partial charge in [-0.15, -0.1) is 0 Å². The first-order valence-corrected chi connectivity index (χ1v) is 8.05. The zero-order valence-electron chi connectivity index (χ0n) is 11.2. The van der Waals surface area contributed by atoms with Crippen LogP contribution in [-0.4, -0.2) is 44.0 Å². The number of aliphatic carboxylic acids is 1. The van der Waals surface area contributed by atoms with Gasteiger partial charge in [-0.1, -0.05) is 12.8 Å². The Morgan fingerprint density at radius 2 is 1.90 bits per heavy atom. The number of hydrogen-bond acceptors (Lipinski definition) is 4. The van der Waals surface area contributed by atoms with Crippen LogP contribution in [0.2, 0.25) is 0 Å². The second-order valence-electron chi connectivity index (χ2n) is 4.52. The van der Waals surface area contributed by atoms with E-state index in [9.17, 15) is 20.2 Å². The van der Waals surface area contributed by atoms with E-state index in [1.807, 2.05) is 0 Å². The van der Waals surface area contributed by atoms with Gasteiger partial charge in [0.25, 0.3) is 0 Å². The second kappa shape index (κ2) is 9.05. The van der Waals surface area contributed by atoms with Crippen LogP contribution in [-0.2, 0) is 8.58 Å². The molecule has 0 aliphatic heterocycles. The maximum atomic E-state index is 12.0. The number of carbonyl (C=O) groups excluding carboxylic acids is 1. The van der Waals surface area contributed by atoms with E-state index >= 15 is 0 Å². The number of carbonyl (C=O) groups is 2. The summed E-state index contributed by atoms with van der Waals surface area (Å²) in [7, 11) is 0. The van der Waals surface area contributed by atoms with Crippen LogP contribution in [0, 0.1) is 0 Å². The van der Waals surface area contributed by atoms with Crippen molar-refractivity contribution in [2.24, 2.45) is 5.73 Å². The van der Waals surface area contributed by atoms with E-state index in [4.69, 9.17) is 10.8 Å². The lowest BCUT2D eigenvalue weighted by atomic mass is 10.0. The molecule has 6 nitrogen and oxygen atoms in total. The van der Waals surface area contributed by atoms with Crippen LogP contribution < -0.4 is 11.1 Å². The van der Waals surface area contributed by atoms with Gasteiger partial charge in [-0.2, -0.15) is 0 Å². The Morgan fingerprint density at radius 1 is 1.30 bits per heavy atom. The van der Waals surface area contributed by atoms with Crippen LogP contribution in [0.5, 0.6) is 0 Å². The molecule has 118 valence electrons. The van der Waals surface area contributed by atoms with Crippen LogP contribution in [0.3, 0.4) is 0 Å². The van der Waals surface area contributed by atoms with Gasteiger partial charge in [-0.25, -0.2) is 4.79 Å². The second-order valence-corrected chi connectivity index (χ2v) is 5.79. The van der Waals surface area contributed by atoms with E-state index in [1.165, 1.54) is 0 Å². The van der Waals surface area contributed by atoms with Gasteiger partial charge in [0.1, 0.15) is 0 Å². The van der Waals surface area contributed by atoms with Crippen LogP contribution in [0.25, 0.3) is 0 Å². The largest absolute Gasteiger partial charge is 1.09 e. The molecule has 1 amide bonds. The average molecular weight is 315 g/mol. The lowest BCUT2D eigenvalue weighted by Gasteiger charge is -2.24. The summed E-state index contributed by atoms with van der Waals surface area (Å²) in [5, 5.41) is 10.5. The van der Waals surface area contributed by atoms with Crippen molar-refractivity contribution in [3.05, 3.63) is 0 Å². The number of rotatable bonds is 9. The van der Waals surface area contributed by atoms with Gasteiger partial charge in [-0.05, 0) is 19.8 Å². The number of nitrogens with one attached hydrogen (secondary N) is 1. The molecule has 0 saturated carbocycles. The van der Waals surface area contributed by atoms with E-state index in [0.29, 0.717) is 25.7 Å². The first kappa shape index (κ1) is 19.0. The smallest absolute Gasteiger partial charge is 0.679 e. The van der Waals surface area contributed by atoms with Gasteiger partial charge < -0.3 is 30.5 Å². The molecule has 0 aromatic heterocycles. The molecule has 0 spiro atoms. The monoisotopic (exact) mass is 315 g/mol. The fraction of sp³-hybridized carbons (Fsp3) is 0.800. The SMILES string of the molecule is C[C@H](N)[C@@H](CCCCCC(=O)O)NC(=O)[O][Al-]([F])([F])[F]. The molecule has 0 fully saturated rings. The topological polar surface area (TPSA) is 102 Å². The van der Waals surface area contributed by atoms with Gasteiger partial charge in [0, 0.05) is 18.5 Å². The highest BCUT2D eigenvalue weighted by Crippen LogP contribution is 2.12. The lowest BCUT2D eigenvalue weighted by Crippen LogP contribution is -2.48. The van der Waals surface area contributed by atoms with Crippen LogP contribution in [0.1, 0.15) is 39.0 Å². The third kappa shape index (κ3) is 10.9. The third-order valence-electron chi connectivity index (χ3n) is 2.58. The molecule has 4 N–H and O–H groups in total. The molecule has 0 aliphatic carbocycles. The zero-order valence-corrected chi connectivity index (χ0v) is 12.3. The number of carboxylic acids is 1. The molecule has 0 aliphatic rings. The number of amides is 1. The van der Waals surface area contributed by atoms with Crippen molar-refractivity contribution in [1.82, 2.24) is 5.32 Å².